The Labute approximate surface area is 147 Å². The van der Waals surface area contributed by atoms with Crippen molar-refractivity contribution < 1.29 is 9.59 Å². The number of nitrogens with one attached hydrogen (secondary N) is 1. The number of aryl methyl sites for hydroxylation is 2. The smallest absolute Gasteiger partial charge is 0.253 e. The molecule has 0 aliphatic carbocycles. The number of carbonyl (C=O) groups excluding carboxylic acids is 2. The molecular weight excluding hydrogens is 316 g/mol. The Morgan fingerprint density at radius 2 is 1.76 bits per heavy atom. The summed E-state index contributed by atoms with van der Waals surface area (Å²) in [5.41, 5.74) is 4.20. The van der Waals surface area contributed by atoms with Crippen LogP contribution in [0.1, 0.15) is 40.2 Å². The van der Waals surface area contributed by atoms with Gasteiger partial charge in [-0.25, -0.2) is 0 Å². The molecule has 6 nitrogen and oxygen atoms in total. The van der Waals surface area contributed by atoms with E-state index in [9.17, 15) is 9.59 Å². The van der Waals surface area contributed by atoms with E-state index in [0.29, 0.717) is 17.7 Å². The number of hydrogen-bond acceptors (Lipinski definition) is 3. The fourth-order valence-electron chi connectivity index (χ4n) is 3.24. The van der Waals surface area contributed by atoms with Crippen LogP contribution in [-0.4, -0.2) is 39.6 Å². The van der Waals surface area contributed by atoms with Gasteiger partial charge >= 0.3 is 0 Å². The summed E-state index contributed by atoms with van der Waals surface area (Å²) in [5, 5.41) is 7.22. The van der Waals surface area contributed by atoms with Crippen molar-refractivity contribution in [2.45, 2.75) is 33.1 Å². The van der Waals surface area contributed by atoms with Gasteiger partial charge in [-0.2, -0.15) is 5.10 Å². The maximum Gasteiger partial charge on any atom is 0.253 e. The molecule has 1 aromatic carbocycles. The van der Waals surface area contributed by atoms with Crippen molar-refractivity contribution in [2.24, 2.45) is 7.05 Å². The highest BCUT2D eigenvalue weighted by atomic mass is 16.2. The predicted octanol–water partition coefficient (Wildman–Crippen LogP) is 2.45. The number of benzene rings is 1. The fourth-order valence-corrected chi connectivity index (χ4v) is 3.24. The third-order valence-corrected chi connectivity index (χ3v) is 4.81. The highest BCUT2D eigenvalue weighted by molar-refractivity contribution is 5.96. The first kappa shape index (κ1) is 17.2. The molecule has 0 spiro atoms. The Hall–Kier alpha value is -2.63. The lowest BCUT2D eigenvalue weighted by molar-refractivity contribution is -0.115. The zero-order valence-electron chi connectivity index (χ0n) is 15.0. The Balaban J connectivity index is 1.63. The van der Waals surface area contributed by atoms with E-state index in [4.69, 9.17) is 0 Å². The molecule has 0 atom stereocenters. The molecule has 132 valence electrons. The number of anilines is 1. The molecule has 6 heteroatoms. The Morgan fingerprint density at radius 1 is 1.12 bits per heavy atom. The average molecular weight is 340 g/mol. The van der Waals surface area contributed by atoms with E-state index in [0.717, 1.165) is 42.9 Å². The van der Waals surface area contributed by atoms with Crippen LogP contribution in [0.3, 0.4) is 0 Å². The van der Waals surface area contributed by atoms with Gasteiger partial charge in [0.05, 0.1) is 12.1 Å². The first-order valence-electron chi connectivity index (χ1n) is 8.64. The molecular formula is C19H24N4O2. The van der Waals surface area contributed by atoms with E-state index in [1.807, 2.05) is 25.8 Å². The highest BCUT2D eigenvalue weighted by Crippen LogP contribution is 2.17. The summed E-state index contributed by atoms with van der Waals surface area (Å²) in [5.74, 6) is -0.0187. The molecule has 2 heterocycles. The number of amides is 2. The van der Waals surface area contributed by atoms with Gasteiger partial charge in [-0.3, -0.25) is 14.3 Å². The molecule has 1 aliphatic heterocycles. The van der Waals surface area contributed by atoms with Crippen LogP contribution in [0.4, 0.5) is 5.69 Å². The first-order valence-corrected chi connectivity index (χ1v) is 8.64. The third kappa shape index (κ3) is 3.73. The first-order chi connectivity index (χ1) is 12.0. The zero-order valence-corrected chi connectivity index (χ0v) is 15.0. The minimum Gasteiger partial charge on any atom is -0.339 e. The van der Waals surface area contributed by atoms with E-state index in [2.05, 4.69) is 10.4 Å². The summed E-state index contributed by atoms with van der Waals surface area (Å²) in [4.78, 5) is 26.5. The Morgan fingerprint density at radius 3 is 2.32 bits per heavy atom. The number of nitrogens with zero attached hydrogens (tertiary/aromatic N) is 3. The molecule has 0 radical (unpaired) electrons. The molecule has 1 saturated heterocycles. The highest BCUT2D eigenvalue weighted by Gasteiger charge is 2.19. The second kappa shape index (κ2) is 7.09. The lowest BCUT2D eigenvalue weighted by Crippen LogP contribution is -2.27. The molecule has 2 aromatic rings. The molecule has 1 aromatic heterocycles. The van der Waals surface area contributed by atoms with Crippen molar-refractivity contribution in [1.82, 2.24) is 14.7 Å². The fraction of sp³-hybridized carbons (Fsp3) is 0.421. The lowest BCUT2D eigenvalue weighted by Gasteiger charge is -2.15. The van der Waals surface area contributed by atoms with Crippen molar-refractivity contribution in [1.29, 1.82) is 0 Å². The monoisotopic (exact) mass is 340 g/mol. The number of likely N-dealkylation sites (tertiary alicyclic amines) is 1. The predicted molar refractivity (Wildman–Crippen MR) is 96.6 cm³/mol. The van der Waals surface area contributed by atoms with Gasteiger partial charge in [0.15, 0.2) is 0 Å². The second-order valence-electron chi connectivity index (χ2n) is 6.57. The van der Waals surface area contributed by atoms with Crippen LogP contribution in [0.5, 0.6) is 0 Å². The van der Waals surface area contributed by atoms with Gasteiger partial charge in [-0.1, -0.05) is 0 Å². The summed E-state index contributed by atoms with van der Waals surface area (Å²) in [6.07, 6.45) is 2.44. The van der Waals surface area contributed by atoms with Gasteiger partial charge in [-0.05, 0) is 51.0 Å². The molecule has 0 unspecified atom stereocenters. The maximum absolute atomic E-state index is 12.3. The summed E-state index contributed by atoms with van der Waals surface area (Å²) in [7, 11) is 1.87. The van der Waals surface area contributed by atoms with E-state index in [1.165, 1.54) is 0 Å². The topological polar surface area (TPSA) is 67.2 Å². The standard InChI is InChI=1S/C19H24N4O2/c1-13-17(14(2)22(3)21-13)12-18(24)20-16-8-6-15(7-9-16)19(25)23-10-4-5-11-23/h6-9H,4-5,10-12H2,1-3H3,(H,20,24). The molecule has 1 N–H and O–H groups in total. The third-order valence-electron chi connectivity index (χ3n) is 4.81. The van der Waals surface area contributed by atoms with Crippen LogP contribution >= 0.6 is 0 Å². The van der Waals surface area contributed by atoms with Crippen molar-refractivity contribution in [3.05, 3.63) is 46.8 Å². The minimum atomic E-state index is -0.0854. The summed E-state index contributed by atoms with van der Waals surface area (Å²) in [6, 6.07) is 7.11. The normalized spacial score (nSPS) is 14.0. The van der Waals surface area contributed by atoms with Crippen molar-refractivity contribution in [3.63, 3.8) is 0 Å². The van der Waals surface area contributed by atoms with Crippen LogP contribution in [0.25, 0.3) is 0 Å². The van der Waals surface area contributed by atoms with Crippen molar-refractivity contribution in [2.75, 3.05) is 18.4 Å². The van der Waals surface area contributed by atoms with Crippen LogP contribution in [-0.2, 0) is 18.3 Å². The molecule has 1 aliphatic rings. The van der Waals surface area contributed by atoms with Gasteiger partial charge in [0, 0.05) is 42.6 Å². The van der Waals surface area contributed by atoms with Crippen molar-refractivity contribution >= 4 is 17.5 Å². The van der Waals surface area contributed by atoms with E-state index in [1.54, 1.807) is 28.9 Å². The average Bonchev–Trinajstić information content (AvgIpc) is 3.20. The molecule has 3 rings (SSSR count). The van der Waals surface area contributed by atoms with Gasteiger partial charge in [0.1, 0.15) is 0 Å². The van der Waals surface area contributed by atoms with Crippen LogP contribution in [0, 0.1) is 13.8 Å². The Kier molecular flexibility index (Phi) is 4.88. The zero-order chi connectivity index (χ0) is 18.0. The van der Waals surface area contributed by atoms with Crippen molar-refractivity contribution in [3.8, 4) is 0 Å². The van der Waals surface area contributed by atoms with Gasteiger partial charge < -0.3 is 10.2 Å². The van der Waals surface area contributed by atoms with Gasteiger partial charge in [-0.15, -0.1) is 0 Å². The maximum atomic E-state index is 12.3. The molecule has 0 bridgehead atoms. The summed E-state index contributed by atoms with van der Waals surface area (Å²) in [6.45, 7) is 5.54. The number of carbonyl (C=O) groups is 2. The minimum absolute atomic E-state index is 0.0667. The van der Waals surface area contributed by atoms with E-state index >= 15 is 0 Å². The molecule has 25 heavy (non-hydrogen) atoms. The second-order valence-corrected chi connectivity index (χ2v) is 6.57. The number of hydrogen-bond donors (Lipinski definition) is 1. The number of aromatic nitrogens is 2. The molecule has 2 amide bonds. The van der Waals surface area contributed by atoms with E-state index in [-0.39, 0.29) is 11.8 Å². The van der Waals surface area contributed by atoms with Gasteiger partial charge in [0.25, 0.3) is 5.91 Å². The van der Waals surface area contributed by atoms with Crippen LogP contribution < -0.4 is 5.32 Å². The van der Waals surface area contributed by atoms with Gasteiger partial charge in [0.2, 0.25) is 5.91 Å². The Bertz CT molecular complexity index is 787. The number of rotatable bonds is 4. The summed E-state index contributed by atoms with van der Waals surface area (Å²) < 4.78 is 1.79. The molecule has 0 saturated carbocycles. The molecule has 1 fully saturated rings. The SMILES string of the molecule is Cc1nn(C)c(C)c1CC(=O)Nc1ccc(C(=O)N2CCCC2)cc1. The van der Waals surface area contributed by atoms with Crippen LogP contribution in [0.15, 0.2) is 24.3 Å². The summed E-state index contributed by atoms with van der Waals surface area (Å²) >= 11 is 0. The quantitative estimate of drug-likeness (QED) is 0.930. The largest absolute Gasteiger partial charge is 0.339 e. The lowest BCUT2D eigenvalue weighted by atomic mass is 10.1. The van der Waals surface area contributed by atoms with E-state index < -0.39 is 0 Å². The van der Waals surface area contributed by atoms with Crippen LogP contribution in [0.2, 0.25) is 0 Å².